The van der Waals surface area contributed by atoms with Crippen LogP contribution in [0.1, 0.15) is 31.4 Å². The quantitative estimate of drug-likeness (QED) is 0.909. The van der Waals surface area contributed by atoms with Gasteiger partial charge in [0.1, 0.15) is 5.82 Å². The standard InChI is InChI=1S/C15H21FN2O/c1-11(13-7-3-4-8-14(13)16)18(2)15(19)12-6-5-9-17-10-12/h3-4,7-8,11-12,17H,5-6,9-10H2,1-2H3/t11-,12+/m0/s1. The first-order chi connectivity index (χ1) is 9.11. The summed E-state index contributed by atoms with van der Waals surface area (Å²) in [5, 5.41) is 3.24. The molecule has 0 spiro atoms. The van der Waals surface area contributed by atoms with Crippen LogP contribution in [0.3, 0.4) is 0 Å². The number of nitrogens with one attached hydrogen (secondary N) is 1. The second-order valence-electron chi connectivity index (χ2n) is 5.19. The molecule has 19 heavy (non-hydrogen) atoms. The van der Waals surface area contributed by atoms with E-state index in [4.69, 9.17) is 0 Å². The highest BCUT2D eigenvalue weighted by molar-refractivity contribution is 5.79. The van der Waals surface area contributed by atoms with E-state index in [1.165, 1.54) is 6.07 Å². The first kappa shape index (κ1) is 14.0. The van der Waals surface area contributed by atoms with Gasteiger partial charge in [-0.3, -0.25) is 4.79 Å². The third kappa shape index (κ3) is 3.13. The van der Waals surface area contributed by atoms with E-state index in [0.29, 0.717) is 5.56 Å². The SMILES string of the molecule is C[C@@H](c1ccccc1F)N(C)C(=O)[C@@H]1CCCNC1. The second kappa shape index (κ2) is 6.15. The van der Waals surface area contributed by atoms with Crippen LogP contribution in [-0.4, -0.2) is 30.9 Å². The predicted molar refractivity (Wildman–Crippen MR) is 73.2 cm³/mol. The maximum atomic E-state index is 13.8. The number of hydrogen-bond acceptors (Lipinski definition) is 2. The van der Waals surface area contributed by atoms with Crippen LogP contribution in [0.25, 0.3) is 0 Å². The Bertz CT molecular complexity index is 444. The van der Waals surface area contributed by atoms with Gasteiger partial charge in [-0.25, -0.2) is 4.39 Å². The van der Waals surface area contributed by atoms with Crippen molar-refractivity contribution in [2.45, 2.75) is 25.8 Å². The molecule has 1 heterocycles. The summed E-state index contributed by atoms with van der Waals surface area (Å²) < 4.78 is 13.8. The summed E-state index contributed by atoms with van der Waals surface area (Å²) in [7, 11) is 1.76. The van der Waals surface area contributed by atoms with Gasteiger partial charge < -0.3 is 10.2 Å². The Morgan fingerprint density at radius 3 is 2.84 bits per heavy atom. The third-order valence-electron chi connectivity index (χ3n) is 3.93. The van der Waals surface area contributed by atoms with Crippen LogP contribution in [0.5, 0.6) is 0 Å². The molecule has 1 aliphatic heterocycles. The van der Waals surface area contributed by atoms with Gasteiger partial charge in [-0.1, -0.05) is 18.2 Å². The predicted octanol–water partition coefficient (Wildman–Crippen LogP) is 2.34. The Kier molecular flexibility index (Phi) is 4.53. The summed E-state index contributed by atoms with van der Waals surface area (Å²) >= 11 is 0. The second-order valence-corrected chi connectivity index (χ2v) is 5.19. The summed E-state index contributed by atoms with van der Waals surface area (Å²) in [4.78, 5) is 14.1. The molecule has 1 saturated heterocycles. The number of amides is 1. The summed E-state index contributed by atoms with van der Waals surface area (Å²) in [6.07, 6.45) is 1.94. The van der Waals surface area contributed by atoms with E-state index in [9.17, 15) is 9.18 Å². The molecule has 0 aliphatic carbocycles. The van der Waals surface area contributed by atoms with Crippen molar-refractivity contribution < 1.29 is 9.18 Å². The van der Waals surface area contributed by atoms with Gasteiger partial charge in [0.15, 0.2) is 0 Å². The number of piperidine rings is 1. The highest BCUT2D eigenvalue weighted by Crippen LogP contribution is 2.24. The first-order valence-corrected chi connectivity index (χ1v) is 6.83. The van der Waals surface area contributed by atoms with Crippen LogP contribution in [0.15, 0.2) is 24.3 Å². The summed E-state index contributed by atoms with van der Waals surface area (Å²) in [6, 6.07) is 6.40. The molecular weight excluding hydrogens is 243 g/mol. The van der Waals surface area contributed by atoms with Gasteiger partial charge >= 0.3 is 0 Å². The van der Waals surface area contributed by atoms with Crippen molar-refractivity contribution in [1.82, 2.24) is 10.2 Å². The summed E-state index contributed by atoms with van der Waals surface area (Å²) in [6.45, 7) is 3.58. The van der Waals surface area contributed by atoms with E-state index >= 15 is 0 Å². The fraction of sp³-hybridized carbons (Fsp3) is 0.533. The molecule has 0 bridgehead atoms. The van der Waals surface area contributed by atoms with Crippen LogP contribution in [-0.2, 0) is 4.79 Å². The number of rotatable bonds is 3. The fourth-order valence-corrected chi connectivity index (χ4v) is 2.56. The molecule has 4 heteroatoms. The van der Waals surface area contributed by atoms with Gasteiger partial charge in [-0.2, -0.15) is 0 Å². The van der Waals surface area contributed by atoms with Crippen molar-refractivity contribution in [3.05, 3.63) is 35.6 Å². The first-order valence-electron chi connectivity index (χ1n) is 6.83. The molecule has 104 valence electrons. The van der Waals surface area contributed by atoms with Crippen molar-refractivity contribution in [1.29, 1.82) is 0 Å². The molecule has 2 rings (SSSR count). The normalized spacial score (nSPS) is 20.9. The third-order valence-corrected chi connectivity index (χ3v) is 3.93. The van der Waals surface area contributed by atoms with Crippen LogP contribution >= 0.6 is 0 Å². The highest BCUT2D eigenvalue weighted by atomic mass is 19.1. The molecule has 1 aromatic carbocycles. The Morgan fingerprint density at radius 2 is 2.21 bits per heavy atom. The lowest BCUT2D eigenvalue weighted by Gasteiger charge is -2.31. The minimum atomic E-state index is -0.253. The Hall–Kier alpha value is -1.42. The lowest BCUT2D eigenvalue weighted by molar-refractivity contribution is -0.136. The van der Waals surface area contributed by atoms with Crippen LogP contribution in [0.4, 0.5) is 4.39 Å². The Morgan fingerprint density at radius 1 is 1.47 bits per heavy atom. The largest absolute Gasteiger partial charge is 0.339 e. The molecule has 1 N–H and O–H groups in total. The maximum Gasteiger partial charge on any atom is 0.227 e. The van der Waals surface area contributed by atoms with E-state index in [2.05, 4.69) is 5.32 Å². The molecule has 2 atom stereocenters. The van der Waals surface area contributed by atoms with Gasteiger partial charge in [0.2, 0.25) is 5.91 Å². The van der Waals surface area contributed by atoms with Gasteiger partial charge in [-0.15, -0.1) is 0 Å². The van der Waals surface area contributed by atoms with E-state index in [0.717, 1.165) is 25.9 Å². The summed E-state index contributed by atoms with van der Waals surface area (Å²) in [5.41, 5.74) is 0.571. The van der Waals surface area contributed by atoms with Crippen molar-refractivity contribution >= 4 is 5.91 Å². The molecular formula is C15H21FN2O. The number of halogens is 1. The molecule has 0 saturated carbocycles. The number of carbonyl (C=O) groups excluding carboxylic acids is 1. The molecule has 3 nitrogen and oxygen atoms in total. The smallest absolute Gasteiger partial charge is 0.227 e. The minimum absolute atomic E-state index is 0.0213. The van der Waals surface area contributed by atoms with E-state index in [1.54, 1.807) is 30.1 Å². The zero-order valence-electron chi connectivity index (χ0n) is 11.5. The Labute approximate surface area is 113 Å². The molecule has 0 aromatic heterocycles. The van der Waals surface area contributed by atoms with Gasteiger partial charge in [0.25, 0.3) is 0 Å². The van der Waals surface area contributed by atoms with Crippen molar-refractivity contribution in [3.63, 3.8) is 0 Å². The lowest BCUT2D eigenvalue weighted by Crippen LogP contribution is -2.42. The maximum absolute atomic E-state index is 13.8. The van der Waals surface area contributed by atoms with Gasteiger partial charge in [-0.05, 0) is 32.4 Å². The number of hydrogen-bond donors (Lipinski definition) is 1. The van der Waals surface area contributed by atoms with E-state index in [1.807, 2.05) is 6.92 Å². The Balaban J connectivity index is 2.08. The van der Waals surface area contributed by atoms with Crippen LogP contribution in [0, 0.1) is 11.7 Å². The van der Waals surface area contributed by atoms with Crippen molar-refractivity contribution in [2.75, 3.05) is 20.1 Å². The average molecular weight is 264 g/mol. The van der Waals surface area contributed by atoms with Crippen molar-refractivity contribution in [2.24, 2.45) is 5.92 Å². The monoisotopic (exact) mass is 264 g/mol. The molecule has 1 aromatic rings. The minimum Gasteiger partial charge on any atom is -0.339 e. The highest BCUT2D eigenvalue weighted by Gasteiger charge is 2.27. The van der Waals surface area contributed by atoms with E-state index in [-0.39, 0.29) is 23.7 Å². The molecule has 1 fully saturated rings. The molecule has 1 aliphatic rings. The van der Waals surface area contributed by atoms with E-state index < -0.39 is 0 Å². The topological polar surface area (TPSA) is 32.3 Å². The van der Waals surface area contributed by atoms with Gasteiger partial charge in [0, 0.05) is 19.2 Å². The zero-order chi connectivity index (χ0) is 13.8. The van der Waals surface area contributed by atoms with Gasteiger partial charge in [0.05, 0.1) is 12.0 Å². The molecule has 0 radical (unpaired) electrons. The number of carbonyl (C=O) groups is 1. The van der Waals surface area contributed by atoms with Crippen LogP contribution in [0.2, 0.25) is 0 Å². The molecule has 0 unspecified atom stereocenters. The molecule has 1 amide bonds. The summed E-state index contributed by atoms with van der Waals surface area (Å²) in [5.74, 6) is -0.132. The average Bonchev–Trinajstić information content (AvgIpc) is 2.46. The van der Waals surface area contributed by atoms with Crippen molar-refractivity contribution in [3.8, 4) is 0 Å². The number of nitrogens with zero attached hydrogens (tertiary/aromatic N) is 1. The zero-order valence-corrected chi connectivity index (χ0v) is 11.5. The lowest BCUT2D eigenvalue weighted by atomic mass is 9.97. The van der Waals surface area contributed by atoms with Crippen LogP contribution < -0.4 is 5.32 Å². The number of benzene rings is 1. The fourth-order valence-electron chi connectivity index (χ4n) is 2.56.